The summed E-state index contributed by atoms with van der Waals surface area (Å²) in [7, 11) is 3.18. The van der Waals surface area contributed by atoms with Gasteiger partial charge in [0.1, 0.15) is 11.5 Å². The van der Waals surface area contributed by atoms with Crippen molar-refractivity contribution in [1.29, 1.82) is 0 Å². The molecule has 0 fully saturated rings. The summed E-state index contributed by atoms with van der Waals surface area (Å²) in [5, 5.41) is 2.96. The van der Waals surface area contributed by atoms with Crippen LogP contribution in [0.1, 0.15) is 40.4 Å². The molecule has 118 valence electrons. The summed E-state index contributed by atoms with van der Waals surface area (Å²) in [4.78, 5) is 12.3. The lowest BCUT2D eigenvalue weighted by Gasteiger charge is -2.16. The van der Waals surface area contributed by atoms with Gasteiger partial charge in [0.2, 0.25) is 0 Å². The first-order valence-corrected chi connectivity index (χ1v) is 7.06. The summed E-state index contributed by atoms with van der Waals surface area (Å²) in [6.07, 6.45) is 0. The van der Waals surface area contributed by atoms with E-state index in [4.69, 9.17) is 13.9 Å². The molecule has 1 atom stereocenters. The van der Waals surface area contributed by atoms with Crippen molar-refractivity contribution in [3.8, 4) is 11.5 Å². The van der Waals surface area contributed by atoms with Gasteiger partial charge in [0, 0.05) is 0 Å². The number of hydrogen-bond donors (Lipinski definition) is 1. The molecule has 2 aromatic rings. The van der Waals surface area contributed by atoms with Crippen LogP contribution in [0, 0.1) is 13.8 Å². The molecule has 0 aliphatic heterocycles. The van der Waals surface area contributed by atoms with Crippen LogP contribution in [-0.4, -0.2) is 20.1 Å². The number of nitrogens with one attached hydrogen (secondary N) is 1. The summed E-state index contributed by atoms with van der Waals surface area (Å²) >= 11 is 0. The van der Waals surface area contributed by atoms with Gasteiger partial charge in [0.05, 0.1) is 25.8 Å². The van der Waals surface area contributed by atoms with Crippen LogP contribution in [0.4, 0.5) is 0 Å². The van der Waals surface area contributed by atoms with Crippen molar-refractivity contribution in [2.45, 2.75) is 26.8 Å². The average Bonchev–Trinajstić information content (AvgIpc) is 2.85. The third-order valence-electron chi connectivity index (χ3n) is 3.54. The van der Waals surface area contributed by atoms with E-state index in [2.05, 4.69) is 5.32 Å². The van der Waals surface area contributed by atoms with Gasteiger partial charge in [0.25, 0.3) is 5.91 Å². The third kappa shape index (κ3) is 3.24. The molecule has 0 spiro atoms. The molecule has 1 aromatic carbocycles. The molecule has 0 aliphatic carbocycles. The average molecular weight is 303 g/mol. The molecule has 5 nitrogen and oxygen atoms in total. The molecule has 2 rings (SSSR count). The van der Waals surface area contributed by atoms with Gasteiger partial charge in [-0.3, -0.25) is 4.79 Å². The van der Waals surface area contributed by atoms with E-state index in [1.54, 1.807) is 27.2 Å². The maximum absolute atomic E-state index is 12.3. The molecule has 0 saturated heterocycles. The Balaban J connectivity index is 2.16. The maximum Gasteiger partial charge on any atom is 0.255 e. The fourth-order valence-electron chi connectivity index (χ4n) is 2.34. The zero-order valence-corrected chi connectivity index (χ0v) is 13.5. The van der Waals surface area contributed by atoms with Crippen LogP contribution < -0.4 is 14.8 Å². The number of aryl methyl sites for hydroxylation is 2. The van der Waals surface area contributed by atoms with Crippen molar-refractivity contribution in [3.05, 3.63) is 46.9 Å². The Labute approximate surface area is 130 Å². The van der Waals surface area contributed by atoms with Gasteiger partial charge in [-0.15, -0.1) is 0 Å². The van der Waals surface area contributed by atoms with Crippen LogP contribution in [-0.2, 0) is 0 Å². The number of ether oxygens (including phenoxy) is 2. The zero-order valence-electron chi connectivity index (χ0n) is 13.5. The molecule has 1 aromatic heterocycles. The van der Waals surface area contributed by atoms with Gasteiger partial charge in [-0.2, -0.15) is 0 Å². The topological polar surface area (TPSA) is 60.7 Å². The SMILES string of the molecule is COc1ccc([C@H](C)NC(=O)c2cc(C)oc2C)cc1OC. The second kappa shape index (κ2) is 6.56. The Bertz CT molecular complexity index is 675. The van der Waals surface area contributed by atoms with Crippen molar-refractivity contribution in [3.63, 3.8) is 0 Å². The number of amides is 1. The van der Waals surface area contributed by atoms with Crippen LogP contribution in [0.5, 0.6) is 11.5 Å². The van der Waals surface area contributed by atoms with Crippen LogP contribution in [0.15, 0.2) is 28.7 Å². The van der Waals surface area contributed by atoms with Crippen molar-refractivity contribution in [2.24, 2.45) is 0 Å². The van der Waals surface area contributed by atoms with E-state index in [1.165, 1.54) is 0 Å². The highest BCUT2D eigenvalue weighted by Crippen LogP contribution is 2.30. The molecule has 5 heteroatoms. The second-order valence-corrected chi connectivity index (χ2v) is 5.14. The first-order valence-electron chi connectivity index (χ1n) is 7.06. The Kier molecular flexibility index (Phi) is 4.75. The van der Waals surface area contributed by atoms with E-state index < -0.39 is 0 Å². The quantitative estimate of drug-likeness (QED) is 0.919. The maximum atomic E-state index is 12.3. The highest BCUT2D eigenvalue weighted by molar-refractivity contribution is 5.95. The van der Waals surface area contributed by atoms with Crippen LogP contribution >= 0.6 is 0 Å². The number of carbonyl (C=O) groups excluding carboxylic acids is 1. The van der Waals surface area contributed by atoms with Gasteiger partial charge in [-0.25, -0.2) is 0 Å². The minimum atomic E-state index is -0.165. The number of benzene rings is 1. The summed E-state index contributed by atoms with van der Waals surface area (Å²) in [5.74, 6) is 2.48. The predicted molar refractivity (Wildman–Crippen MR) is 83.6 cm³/mol. The molecule has 1 N–H and O–H groups in total. The normalized spacial score (nSPS) is 11.9. The third-order valence-corrected chi connectivity index (χ3v) is 3.54. The summed E-state index contributed by atoms with van der Waals surface area (Å²) in [5.41, 5.74) is 1.49. The lowest BCUT2D eigenvalue weighted by molar-refractivity contribution is 0.0938. The Morgan fingerprint density at radius 2 is 1.82 bits per heavy atom. The Morgan fingerprint density at radius 3 is 2.36 bits per heavy atom. The van der Waals surface area contributed by atoms with Gasteiger partial charge in [0.15, 0.2) is 11.5 Å². The molecule has 0 bridgehead atoms. The summed E-state index contributed by atoms with van der Waals surface area (Å²) in [6, 6.07) is 7.16. The lowest BCUT2D eigenvalue weighted by atomic mass is 10.1. The van der Waals surface area contributed by atoms with E-state index >= 15 is 0 Å². The van der Waals surface area contributed by atoms with E-state index in [-0.39, 0.29) is 11.9 Å². The molecule has 1 amide bonds. The molecule has 1 heterocycles. The van der Waals surface area contributed by atoms with E-state index in [1.807, 2.05) is 32.0 Å². The molecular formula is C17H21NO4. The second-order valence-electron chi connectivity index (χ2n) is 5.14. The standard InChI is InChI=1S/C17H21NO4/c1-10-8-14(12(3)22-10)17(19)18-11(2)13-6-7-15(20-4)16(9-13)21-5/h6-9,11H,1-5H3,(H,18,19)/t11-/m0/s1. The van der Waals surface area contributed by atoms with E-state index in [0.717, 1.165) is 11.3 Å². The van der Waals surface area contributed by atoms with E-state index in [9.17, 15) is 4.79 Å². The molecule has 0 aliphatic rings. The first-order chi connectivity index (χ1) is 10.5. The fraction of sp³-hybridized carbons (Fsp3) is 0.353. The molecule has 0 unspecified atom stereocenters. The van der Waals surface area contributed by atoms with Crippen molar-refractivity contribution < 1.29 is 18.7 Å². The minimum Gasteiger partial charge on any atom is -0.493 e. The molecular weight excluding hydrogens is 282 g/mol. The highest BCUT2D eigenvalue weighted by Gasteiger charge is 2.17. The van der Waals surface area contributed by atoms with Crippen LogP contribution in [0.3, 0.4) is 0 Å². The monoisotopic (exact) mass is 303 g/mol. The van der Waals surface area contributed by atoms with E-state index in [0.29, 0.717) is 22.8 Å². The Hall–Kier alpha value is -2.43. The molecule has 0 saturated carbocycles. The summed E-state index contributed by atoms with van der Waals surface area (Å²) in [6.45, 7) is 5.52. The first kappa shape index (κ1) is 15.9. The molecule has 0 radical (unpaired) electrons. The predicted octanol–water partition coefficient (Wildman–Crippen LogP) is 3.40. The van der Waals surface area contributed by atoms with Crippen molar-refractivity contribution >= 4 is 5.91 Å². The number of carbonyl (C=O) groups is 1. The van der Waals surface area contributed by atoms with Crippen LogP contribution in [0.25, 0.3) is 0 Å². The molecule has 22 heavy (non-hydrogen) atoms. The highest BCUT2D eigenvalue weighted by atomic mass is 16.5. The largest absolute Gasteiger partial charge is 0.493 e. The summed E-state index contributed by atoms with van der Waals surface area (Å²) < 4.78 is 15.9. The van der Waals surface area contributed by atoms with Gasteiger partial charge >= 0.3 is 0 Å². The van der Waals surface area contributed by atoms with Gasteiger partial charge in [-0.1, -0.05) is 6.07 Å². The Morgan fingerprint density at radius 1 is 1.14 bits per heavy atom. The number of rotatable bonds is 5. The smallest absolute Gasteiger partial charge is 0.255 e. The number of hydrogen-bond acceptors (Lipinski definition) is 4. The van der Waals surface area contributed by atoms with Gasteiger partial charge < -0.3 is 19.2 Å². The fourth-order valence-corrected chi connectivity index (χ4v) is 2.34. The lowest BCUT2D eigenvalue weighted by Crippen LogP contribution is -2.26. The van der Waals surface area contributed by atoms with Crippen molar-refractivity contribution in [2.75, 3.05) is 14.2 Å². The van der Waals surface area contributed by atoms with Crippen LogP contribution in [0.2, 0.25) is 0 Å². The number of furan rings is 1. The zero-order chi connectivity index (χ0) is 16.3. The van der Waals surface area contributed by atoms with Crippen molar-refractivity contribution in [1.82, 2.24) is 5.32 Å². The number of methoxy groups -OCH3 is 2. The van der Waals surface area contributed by atoms with Gasteiger partial charge in [-0.05, 0) is 44.5 Å². The minimum absolute atomic E-state index is 0.156.